The van der Waals surface area contributed by atoms with Gasteiger partial charge in [-0.15, -0.1) is 0 Å². The third-order valence-electron chi connectivity index (χ3n) is 3.77. The smallest absolute Gasteiger partial charge is 0.191 e. The summed E-state index contributed by atoms with van der Waals surface area (Å²) in [5, 5.41) is 6.90. The summed E-state index contributed by atoms with van der Waals surface area (Å²) in [6.45, 7) is 8.19. The number of hydrogen-bond donors (Lipinski definition) is 2. The first-order valence-corrected chi connectivity index (χ1v) is 7.76. The molecule has 0 heterocycles. The van der Waals surface area contributed by atoms with Gasteiger partial charge in [0, 0.05) is 26.2 Å². The van der Waals surface area contributed by atoms with Gasteiger partial charge < -0.3 is 15.4 Å². The van der Waals surface area contributed by atoms with Crippen LogP contribution in [0, 0.1) is 5.92 Å². The lowest BCUT2D eigenvalue weighted by atomic mass is 10.0. The van der Waals surface area contributed by atoms with Crippen LogP contribution < -0.4 is 10.6 Å². The third-order valence-corrected chi connectivity index (χ3v) is 3.77. The minimum Gasteiger partial charge on any atom is -0.378 e. The minimum atomic E-state index is 0.335. The maximum atomic E-state index is 5.75. The van der Waals surface area contributed by atoms with Gasteiger partial charge in [-0.1, -0.05) is 26.7 Å². The summed E-state index contributed by atoms with van der Waals surface area (Å²) in [6.07, 6.45) is 6.59. The van der Waals surface area contributed by atoms with Gasteiger partial charge in [0.15, 0.2) is 5.96 Å². The lowest BCUT2D eigenvalue weighted by Gasteiger charge is -2.22. The standard InChI is InChI=1S/C15H31N3O/c1-5-19-14(12(2)3)10-11-17-15(16-4)18-13-8-6-7-9-13/h12-14H,5-11H2,1-4H3,(H2,16,17,18). The number of nitrogens with one attached hydrogen (secondary N) is 2. The topological polar surface area (TPSA) is 45.6 Å². The molecule has 19 heavy (non-hydrogen) atoms. The number of rotatable bonds is 7. The molecule has 0 radical (unpaired) electrons. The largest absolute Gasteiger partial charge is 0.378 e. The van der Waals surface area contributed by atoms with E-state index >= 15 is 0 Å². The molecule has 0 saturated heterocycles. The van der Waals surface area contributed by atoms with E-state index in [4.69, 9.17) is 4.74 Å². The first-order valence-electron chi connectivity index (χ1n) is 7.76. The number of ether oxygens (including phenoxy) is 1. The Balaban J connectivity index is 2.24. The van der Waals surface area contributed by atoms with E-state index in [2.05, 4.69) is 36.4 Å². The summed E-state index contributed by atoms with van der Waals surface area (Å²) >= 11 is 0. The molecule has 1 atom stereocenters. The molecule has 1 fully saturated rings. The van der Waals surface area contributed by atoms with Crippen LogP contribution in [0.3, 0.4) is 0 Å². The quantitative estimate of drug-likeness (QED) is 0.551. The molecule has 0 aromatic carbocycles. The summed E-state index contributed by atoms with van der Waals surface area (Å²) in [5.41, 5.74) is 0. The second kappa shape index (κ2) is 9.18. The van der Waals surface area contributed by atoms with Crippen molar-refractivity contribution in [2.75, 3.05) is 20.2 Å². The van der Waals surface area contributed by atoms with E-state index in [1.54, 1.807) is 0 Å². The van der Waals surface area contributed by atoms with E-state index < -0.39 is 0 Å². The average molecular weight is 269 g/mol. The molecule has 1 saturated carbocycles. The Kier molecular flexibility index (Phi) is 7.87. The van der Waals surface area contributed by atoms with Crippen LogP contribution in [0.15, 0.2) is 4.99 Å². The van der Waals surface area contributed by atoms with Crippen molar-refractivity contribution in [3.05, 3.63) is 0 Å². The molecule has 0 aliphatic heterocycles. The summed E-state index contributed by atoms with van der Waals surface area (Å²) in [6, 6.07) is 0.610. The summed E-state index contributed by atoms with van der Waals surface area (Å²) < 4.78 is 5.75. The normalized spacial score (nSPS) is 18.9. The summed E-state index contributed by atoms with van der Waals surface area (Å²) in [4.78, 5) is 4.29. The predicted molar refractivity (Wildman–Crippen MR) is 81.6 cm³/mol. The maximum Gasteiger partial charge on any atom is 0.191 e. The molecule has 1 unspecified atom stereocenters. The van der Waals surface area contributed by atoms with Crippen LogP contribution in [0.2, 0.25) is 0 Å². The summed E-state index contributed by atoms with van der Waals surface area (Å²) in [7, 11) is 1.84. The van der Waals surface area contributed by atoms with E-state index in [1.165, 1.54) is 25.7 Å². The zero-order valence-corrected chi connectivity index (χ0v) is 13.0. The van der Waals surface area contributed by atoms with Gasteiger partial charge in [-0.25, -0.2) is 0 Å². The molecule has 2 N–H and O–H groups in total. The molecule has 4 heteroatoms. The Morgan fingerprint density at radius 1 is 1.32 bits per heavy atom. The van der Waals surface area contributed by atoms with Crippen LogP contribution in [0.1, 0.15) is 52.9 Å². The van der Waals surface area contributed by atoms with E-state index in [0.717, 1.165) is 25.5 Å². The van der Waals surface area contributed by atoms with Gasteiger partial charge in [0.1, 0.15) is 0 Å². The van der Waals surface area contributed by atoms with Gasteiger partial charge in [0.25, 0.3) is 0 Å². The maximum absolute atomic E-state index is 5.75. The third kappa shape index (κ3) is 6.28. The lowest BCUT2D eigenvalue weighted by molar-refractivity contribution is 0.0258. The summed E-state index contributed by atoms with van der Waals surface area (Å²) in [5.74, 6) is 1.50. The van der Waals surface area contributed by atoms with Gasteiger partial charge >= 0.3 is 0 Å². The van der Waals surface area contributed by atoms with E-state index in [-0.39, 0.29) is 0 Å². The molecule has 1 rings (SSSR count). The second-order valence-corrected chi connectivity index (χ2v) is 5.65. The molecule has 112 valence electrons. The first kappa shape index (κ1) is 16.3. The Hall–Kier alpha value is -0.770. The van der Waals surface area contributed by atoms with Crippen LogP contribution in [0.4, 0.5) is 0 Å². The molecule has 0 aromatic heterocycles. The zero-order chi connectivity index (χ0) is 14.1. The molecule has 0 spiro atoms. The van der Waals surface area contributed by atoms with Crippen molar-refractivity contribution in [1.82, 2.24) is 10.6 Å². The van der Waals surface area contributed by atoms with Gasteiger partial charge in [0.05, 0.1) is 6.10 Å². The van der Waals surface area contributed by atoms with Crippen molar-refractivity contribution in [3.8, 4) is 0 Å². The van der Waals surface area contributed by atoms with Crippen molar-refractivity contribution >= 4 is 5.96 Å². The fraction of sp³-hybridized carbons (Fsp3) is 0.933. The monoisotopic (exact) mass is 269 g/mol. The van der Waals surface area contributed by atoms with Gasteiger partial charge in [-0.3, -0.25) is 4.99 Å². The zero-order valence-electron chi connectivity index (χ0n) is 13.0. The molecule has 0 aromatic rings. The molecular formula is C15H31N3O. The van der Waals surface area contributed by atoms with Crippen molar-refractivity contribution in [1.29, 1.82) is 0 Å². The number of aliphatic imine (C=N–C) groups is 1. The fourth-order valence-electron chi connectivity index (χ4n) is 2.61. The van der Waals surface area contributed by atoms with Crippen LogP contribution in [0.5, 0.6) is 0 Å². The van der Waals surface area contributed by atoms with Crippen LogP contribution >= 0.6 is 0 Å². The highest BCUT2D eigenvalue weighted by atomic mass is 16.5. The second-order valence-electron chi connectivity index (χ2n) is 5.65. The number of guanidine groups is 1. The molecule has 4 nitrogen and oxygen atoms in total. The highest BCUT2D eigenvalue weighted by Crippen LogP contribution is 2.17. The van der Waals surface area contributed by atoms with Gasteiger partial charge in [-0.05, 0) is 32.1 Å². The van der Waals surface area contributed by atoms with Crippen LogP contribution in [-0.4, -0.2) is 38.3 Å². The lowest BCUT2D eigenvalue weighted by Crippen LogP contribution is -2.43. The molecule has 0 bridgehead atoms. The molecule has 1 aliphatic carbocycles. The van der Waals surface area contributed by atoms with E-state index in [0.29, 0.717) is 18.1 Å². The van der Waals surface area contributed by atoms with Crippen molar-refractivity contribution in [2.45, 2.75) is 65.0 Å². The first-order chi connectivity index (χ1) is 9.17. The van der Waals surface area contributed by atoms with Crippen molar-refractivity contribution < 1.29 is 4.74 Å². The number of nitrogens with zero attached hydrogens (tertiary/aromatic N) is 1. The Bertz CT molecular complexity index is 260. The van der Waals surface area contributed by atoms with Gasteiger partial charge in [0.2, 0.25) is 0 Å². The van der Waals surface area contributed by atoms with Crippen LogP contribution in [0.25, 0.3) is 0 Å². The average Bonchev–Trinajstić information content (AvgIpc) is 2.89. The van der Waals surface area contributed by atoms with Gasteiger partial charge in [-0.2, -0.15) is 0 Å². The van der Waals surface area contributed by atoms with Crippen molar-refractivity contribution in [2.24, 2.45) is 10.9 Å². The molecular weight excluding hydrogens is 238 g/mol. The Morgan fingerprint density at radius 3 is 2.53 bits per heavy atom. The van der Waals surface area contributed by atoms with E-state index in [9.17, 15) is 0 Å². The Morgan fingerprint density at radius 2 is 2.00 bits per heavy atom. The highest BCUT2D eigenvalue weighted by molar-refractivity contribution is 5.79. The SMILES string of the molecule is CCOC(CCNC(=NC)NC1CCCC1)C(C)C. The molecule has 1 aliphatic rings. The van der Waals surface area contributed by atoms with Crippen LogP contribution in [-0.2, 0) is 4.74 Å². The number of hydrogen-bond acceptors (Lipinski definition) is 2. The highest BCUT2D eigenvalue weighted by Gasteiger charge is 2.16. The predicted octanol–water partition coefficient (Wildman–Crippen LogP) is 2.55. The fourth-order valence-corrected chi connectivity index (χ4v) is 2.61. The molecule has 0 amide bonds. The van der Waals surface area contributed by atoms with Crippen molar-refractivity contribution in [3.63, 3.8) is 0 Å². The van der Waals surface area contributed by atoms with E-state index in [1.807, 2.05) is 7.05 Å². The Labute approximate surface area is 118 Å². The minimum absolute atomic E-state index is 0.335.